The number of amides is 3. The van der Waals surface area contributed by atoms with Gasteiger partial charge in [0.2, 0.25) is 5.91 Å². The minimum Gasteiger partial charge on any atom is -0.491 e. The molecule has 3 amide bonds. The van der Waals surface area contributed by atoms with E-state index in [1.165, 1.54) is 0 Å². The maximum Gasteiger partial charge on any atom is 0.261 e. The highest BCUT2D eigenvalue weighted by Gasteiger charge is 2.34. The van der Waals surface area contributed by atoms with Gasteiger partial charge in [-0.05, 0) is 30.7 Å². The monoisotopic (exact) mass is 352 g/mol. The van der Waals surface area contributed by atoms with Crippen LogP contribution in [0.1, 0.15) is 32.7 Å². The van der Waals surface area contributed by atoms with Gasteiger partial charge in [-0.3, -0.25) is 19.3 Å². The number of nitrogens with one attached hydrogen (secondary N) is 1. The van der Waals surface area contributed by atoms with Crippen LogP contribution in [0.2, 0.25) is 0 Å². The zero-order chi connectivity index (χ0) is 18.5. The predicted molar refractivity (Wildman–Crippen MR) is 96.1 cm³/mol. The largest absolute Gasteiger partial charge is 0.491 e. The molecule has 1 N–H and O–H groups in total. The summed E-state index contributed by atoms with van der Waals surface area (Å²) in [5.74, 6) is -0.134. The van der Waals surface area contributed by atoms with Gasteiger partial charge in [-0.25, -0.2) is 0 Å². The Morgan fingerprint density at radius 3 is 2.27 bits per heavy atom. The SMILES string of the molecule is Cc1ccccc1OCCNC(=O)CCN1C(=O)c2ccccc2C1=O. The molecule has 6 heteroatoms. The molecule has 0 saturated heterocycles. The van der Waals surface area contributed by atoms with E-state index >= 15 is 0 Å². The molecule has 0 saturated carbocycles. The number of imide groups is 1. The molecule has 0 bridgehead atoms. The summed E-state index contributed by atoms with van der Waals surface area (Å²) in [6.07, 6.45) is 0.0653. The normalized spacial score (nSPS) is 12.9. The number of rotatable bonds is 7. The van der Waals surface area contributed by atoms with Crippen molar-refractivity contribution in [1.82, 2.24) is 10.2 Å². The minimum absolute atomic E-state index is 0.0653. The summed E-state index contributed by atoms with van der Waals surface area (Å²) in [5.41, 5.74) is 1.82. The van der Waals surface area contributed by atoms with E-state index < -0.39 is 0 Å². The van der Waals surface area contributed by atoms with Crippen molar-refractivity contribution in [1.29, 1.82) is 0 Å². The van der Waals surface area contributed by atoms with Crippen molar-refractivity contribution >= 4 is 17.7 Å². The third-order valence-corrected chi connectivity index (χ3v) is 4.22. The highest BCUT2D eigenvalue weighted by atomic mass is 16.5. The Kier molecular flexibility index (Phi) is 5.31. The lowest BCUT2D eigenvalue weighted by Gasteiger charge is -2.14. The second kappa shape index (κ2) is 7.82. The van der Waals surface area contributed by atoms with Gasteiger partial charge >= 0.3 is 0 Å². The number of nitrogens with zero attached hydrogens (tertiary/aromatic N) is 1. The number of hydrogen-bond acceptors (Lipinski definition) is 4. The molecule has 0 atom stereocenters. The number of benzene rings is 2. The molecule has 134 valence electrons. The molecule has 0 fully saturated rings. The van der Waals surface area contributed by atoms with Gasteiger partial charge in [0.15, 0.2) is 0 Å². The molecule has 1 aliphatic rings. The highest BCUT2D eigenvalue weighted by molar-refractivity contribution is 6.21. The smallest absolute Gasteiger partial charge is 0.261 e. The Bertz CT molecular complexity index is 812. The zero-order valence-corrected chi connectivity index (χ0v) is 14.5. The van der Waals surface area contributed by atoms with Crippen molar-refractivity contribution in [2.45, 2.75) is 13.3 Å². The number of fused-ring (bicyclic) bond motifs is 1. The van der Waals surface area contributed by atoms with Gasteiger partial charge in [0.05, 0.1) is 17.7 Å². The molecular formula is C20H20N2O4. The molecule has 0 aliphatic carbocycles. The number of carbonyl (C=O) groups is 3. The lowest BCUT2D eigenvalue weighted by molar-refractivity contribution is -0.121. The molecule has 6 nitrogen and oxygen atoms in total. The second-order valence-electron chi connectivity index (χ2n) is 6.02. The fourth-order valence-electron chi connectivity index (χ4n) is 2.81. The van der Waals surface area contributed by atoms with Crippen LogP contribution < -0.4 is 10.1 Å². The summed E-state index contributed by atoms with van der Waals surface area (Å²) < 4.78 is 5.61. The maximum atomic E-state index is 12.2. The van der Waals surface area contributed by atoms with E-state index in [1.54, 1.807) is 24.3 Å². The standard InChI is InChI=1S/C20H20N2O4/c1-14-6-2-5-9-17(14)26-13-11-21-18(23)10-12-22-19(24)15-7-3-4-8-16(15)20(22)25/h2-9H,10-13H2,1H3,(H,21,23). The lowest BCUT2D eigenvalue weighted by atomic mass is 10.1. The summed E-state index contributed by atoms with van der Waals surface area (Å²) in [4.78, 5) is 37.5. The quantitative estimate of drug-likeness (QED) is 0.612. The predicted octanol–water partition coefficient (Wildman–Crippen LogP) is 2.18. The summed E-state index contributed by atoms with van der Waals surface area (Å²) in [6, 6.07) is 14.3. The van der Waals surface area contributed by atoms with E-state index in [9.17, 15) is 14.4 Å². The van der Waals surface area contributed by atoms with Crippen molar-refractivity contribution < 1.29 is 19.1 Å². The van der Waals surface area contributed by atoms with Gasteiger partial charge in [0.25, 0.3) is 11.8 Å². The first-order chi connectivity index (χ1) is 12.6. The van der Waals surface area contributed by atoms with Gasteiger partial charge < -0.3 is 10.1 Å². The third kappa shape index (κ3) is 3.74. The average molecular weight is 352 g/mol. The molecule has 0 aromatic heterocycles. The van der Waals surface area contributed by atoms with E-state index in [4.69, 9.17) is 4.74 Å². The van der Waals surface area contributed by atoms with Crippen molar-refractivity contribution in [3.05, 3.63) is 65.2 Å². The molecule has 2 aromatic carbocycles. The van der Waals surface area contributed by atoms with Gasteiger partial charge in [0, 0.05) is 13.0 Å². The molecule has 0 spiro atoms. The van der Waals surface area contributed by atoms with Gasteiger partial charge in [-0.2, -0.15) is 0 Å². The Morgan fingerprint density at radius 1 is 1.00 bits per heavy atom. The molecule has 0 radical (unpaired) electrons. The molecule has 1 heterocycles. The van der Waals surface area contributed by atoms with Gasteiger partial charge in [0.1, 0.15) is 12.4 Å². The summed E-state index contributed by atoms with van der Waals surface area (Å²) >= 11 is 0. The van der Waals surface area contributed by atoms with E-state index in [0.29, 0.717) is 24.3 Å². The van der Waals surface area contributed by atoms with Crippen LogP contribution in [0.15, 0.2) is 48.5 Å². The van der Waals surface area contributed by atoms with Crippen LogP contribution in [0.4, 0.5) is 0 Å². The van der Waals surface area contributed by atoms with E-state index in [2.05, 4.69) is 5.32 Å². The van der Waals surface area contributed by atoms with Crippen molar-refractivity contribution in [3.63, 3.8) is 0 Å². The summed E-state index contributed by atoms with van der Waals surface area (Å²) in [5, 5.41) is 2.73. The molecule has 26 heavy (non-hydrogen) atoms. The third-order valence-electron chi connectivity index (χ3n) is 4.22. The number of hydrogen-bond donors (Lipinski definition) is 1. The average Bonchev–Trinajstić information content (AvgIpc) is 2.89. The number of para-hydroxylation sites is 1. The Labute approximate surface area is 151 Å². The Balaban J connectivity index is 1.42. The number of carbonyl (C=O) groups excluding carboxylic acids is 3. The topological polar surface area (TPSA) is 75.7 Å². The zero-order valence-electron chi connectivity index (χ0n) is 14.5. The van der Waals surface area contributed by atoms with Crippen molar-refractivity contribution in [3.8, 4) is 5.75 Å². The van der Waals surface area contributed by atoms with Crippen LogP contribution in [0, 0.1) is 6.92 Å². The van der Waals surface area contributed by atoms with E-state index in [1.807, 2.05) is 31.2 Å². The summed E-state index contributed by atoms with van der Waals surface area (Å²) in [6.45, 7) is 2.73. The highest BCUT2D eigenvalue weighted by Crippen LogP contribution is 2.22. The van der Waals surface area contributed by atoms with Crippen LogP contribution in [0.3, 0.4) is 0 Å². The van der Waals surface area contributed by atoms with Gasteiger partial charge in [-0.1, -0.05) is 30.3 Å². The van der Waals surface area contributed by atoms with Crippen LogP contribution in [-0.2, 0) is 4.79 Å². The first-order valence-corrected chi connectivity index (χ1v) is 8.48. The number of aryl methyl sites for hydroxylation is 1. The molecule has 0 unspecified atom stereocenters. The fraction of sp³-hybridized carbons (Fsp3) is 0.250. The van der Waals surface area contributed by atoms with Crippen LogP contribution in [0.5, 0.6) is 5.75 Å². The van der Waals surface area contributed by atoms with Crippen LogP contribution in [0.25, 0.3) is 0 Å². The van der Waals surface area contributed by atoms with E-state index in [0.717, 1.165) is 16.2 Å². The van der Waals surface area contributed by atoms with Crippen molar-refractivity contribution in [2.24, 2.45) is 0 Å². The number of ether oxygens (including phenoxy) is 1. The fourth-order valence-corrected chi connectivity index (χ4v) is 2.81. The Hall–Kier alpha value is -3.15. The van der Waals surface area contributed by atoms with Crippen molar-refractivity contribution in [2.75, 3.05) is 19.7 Å². The minimum atomic E-state index is -0.346. The first-order valence-electron chi connectivity index (χ1n) is 8.48. The summed E-state index contributed by atoms with van der Waals surface area (Å²) in [7, 11) is 0. The Morgan fingerprint density at radius 2 is 1.62 bits per heavy atom. The molecule has 1 aliphatic heterocycles. The second-order valence-corrected chi connectivity index (χ2v) is 6.02. The van der Waals surface area contributed by atoms with E-state index in [-0.39, 0.29) is 30.7 Å². The molecule has 2 aromatic rings. The first kappa shape index (κ1) is 17.7. The van der Waals surface area contributed by atoms with Crippen LogP contribution >= 0.6 is 0 Å². The maximum absolute atomic E-state index is 12.2. The molecular weight excluding hydrogens is 332 g/mol. The van der Waals surface area contributed by atoms with Gasteiger partial charge in [-0.15, -0.1) is 0 Å². The molecule has 3 rings (SSSR count). The van der Waals surface area contributed by atoms with Crippen LogP contribution in [-0.4, -0.2) is 42.3 Å². The lowest BCUT2D eigenvalue weighted by Crippen LogP contribution is -2.35.